The van der Waals surface area contributed by atoms with E-state index in [1.54, 1.807) is 0 Å². The van der Waals surface area contributed by atoms with Crippen molar-refractivity contribution in [2.75, 3.05) is 6.61 Å². The third-order valence-corrected chi connectivity index (χ3v) is 6.16. The molecule has 4 rings (SSSR count). The Labute approximate surface area is 121 Å². The molecule has 108 valence electrons. The summed E-state index contributed by atoms with van der Waals surface area (Å²) < 4.78 is 5.28. The fourth-order valence-corrected chi connectivity index (χ4v) is 5.17. The monoisotopic (exact) mass is 283 g/mol. The second-order valence-corrected chi connectivity index (χ2v) is 7.45. The van der Waals surface area contributed by atoms with E-state index in [4.69, 9.17) is 17.4 Å². The molecule has 4 saturated carbocycles. The Balaban J connectivity index is 1.60. The van der Waals surface area contributed by atoms with Crippen molar-refractivity contribution >= 4 is 18.7 Å². The average molecular weight is 283 g/mol. The lowest BCUT2D eigenvalue weighted by Crippen LogP contribution is -2.62. The van der Waals surface area contributed by atoms with Crippen LogP contribution in [-0.4, -0.2) is 23.5 Å². The maximum Gasteiger partial charge on any atom is 0.407 e. The van der Waals surface area contributed by atoms with E-state index in [2.05, 4.69) is 12.2 Å². The summed E-state index contributed by atoms with van der Waals surface area (Å²) in [5.74, 6) is 2.20. The van der Waals surface area contributed by atoms with Crippen LogP contribution in [0.4, 0.5) is 4.79 Å². The van der Waals surface area contributed by atoms with Crippen LogP contribution >= 0.6 is 12.6 Å². The van der Waals surface area contributed by atoms with Gasteiger partial charge in [-0.2, -0.15) is 12.6 Å². The van der Waals surface area contributed by atoms with E-state index in [9.17, 15) is 4.79 Å². The Morgan fingerprint density at radius 2 is 2.00 bits per heavy atom. The van der Waals surface area contributed by atoms with Crippen molar-refractivity contribution in [3.05, 3.63) is 0 Å². The standard InChI is InChI=1S/C15H25NO2S/c1-2-3-4-18-14(17)16-15-7-10-5-11(8-15)13(19)12(6-10)9-15/h10-13,19H,2-9H2,1H3,(H,16,17)/t10?,11-,12?,13?,15?/m0/s1. The second-order valence-electron chi connectivity index (χ2n) is 6.86. The minimum Gasteiger partial charge on any atom is -0.450 e. The van der Waals surface area contributed by atoms with Gasteiger partial charge < -0.3 is 10.1 Å². The molecule has 4 aliphatic rings. The fourth-order valence-electron chi connectivity index (χ4n) is 4.71. The van der Waals surface area contributed by atoms with Gasteiger partial charge in [0.05, 0.1) is 6.61 Å². The van der Waals surface area contributed by atoms with Crippen LogP contribution < -0.4 is 5.32 Å². The Kier molecular flexibility index (Phi) is 3.71. The number of rotatable bonds is 4. The van der Waals surface area contributed by atoms with E-state index >= 15 is 0 Å². The molecule has 4 aliphatic carbocycles. The molecule has 0 spiro atoms. The lowest BCUT2D eigenvalue weighted by molar-refractivity contribution is -0.0131. The van der Waals surface area contributed by atoms with E-state index < -0.39 is 0 Å². The Bertz CT molecular complexity index is 344. The van der Waals surface area contributed by atoms with E-state index in [-0.39, 0.29) is 11.6 Å². The summed E-state index contributed by atoms with van der Waals surface area (Å²) in [7, 11) is 0. The largest absolute Gasteiger partial charge is 0.450 e. The summed E-state index contributed by atoms with van der Waals surface area (Å²) >= 11 is 4.80. The molecule has 0 radical (unpaired) electrons. The van der Waals surface area contributed by atoms with Crippen molar-refractivity contribution in [2.24, 2.45) is 17.8 Å². The molecule has 4 heteroatoms. The molecule has 4 fully saturated rings. The summed E-state index contributed by atoms with van der Waals surface area (Å²) in [6.45, 7) is 2.65. The zero-order chi connectivity index (χ0) is 13.5. The summed E-state index contributed by atoms with van der Waals surface area (Å²) in [6, 6.07) is 0. The molecule has 0 aromatic carbocycles. The van der Waals surface area contributed by atoms with Crippen molar-refractivity contribution in [3.63, 3.8) is 0 Å². The van der Waals surface area contributed by atoms with Gasteiger partial charge in [-0.05, 0) is 56.3 Å². The molecular formula is C15H25NO2S. The highest BCUT2D eigenvalue weighted by Crippen LogP contribution is 2.57. The molecule has 5 atom stereocenters. The molecule has 1 N–H and O–H groups in total. The van der Waals surface area contributed by atoms with Crippen LogP contribution in [0.5, 0.6) is 0 Å². The Morgan fingerprint density at radius 3 is 2.63 bits per heavy atom. The quantitative estimate of drug-likeness (QED) is 0.613. The number of ether oxygens (including phenoxy) is 1. The number of alkyl carbamates (subject to hydrolysis) is 1. The zero-order valence-corrected chi connectivity index (χ0v) is 12.6. The summed E-state index contributed by atoms with van der Waals surface area (Å²) in [5.41, 5.74) is 0.0268. The van der Waals surface area contributed by atoms with Crippen LogP contribution in [0.25, 0.3) is 0 Å². The third kappa shape index (κ3) is 2.61. The summed E-state index contributed by atoms with van der Waals surface area (Å²) in [6.07, 6.45) is 7.82. The van der Waals surface area contributed by atoms with Gasteiger partial charge in [-0.1, -0.05) is 13.3 Å². The number of carbonyl (C=O) groups is 1. The smallest absolute Gasteiger partial charge is 0.407 e. The number of carbonyl (C=O) groups excluding carboxylic acids is 1. The maximum absolute atomic E-state index is 11.9. The number of nitrogens with one attached hydrogen (secondary N) is 1. The first-order valence-electron chi connectivity index (χ1n) is 7.75. The molecule has 3 nitrogen and oxygen atoms in total. The topological polar surface area (TPSA) is 38.3 Å². The van der Waals surface area contributed by atoms with Crippen molar-refractivity contribution in [2.45, 2.75) is 62.7 Å². The van der Waals surface area contributed by atoms with Crippen molar-refractivity contribution < 1.29 is 9.53 Å². The molecule has 0 aromatic heterocycles. The molecule has 0 aromatic rings. The van der Waals surface area contributed by atoms with Gasteiger partial charge in [-0.25, -0.2) is 4.79 Å². The fraction of sp³-hybridized carbons (Fsp3) is 0.933. The molecule has 19 heavy (non-hydrogen) atoms. The van der Waals surface area contributed by atoms with Gasteiger partial charge in [0.15, 0.2) is 0 Å². The Hall–Kier alpha value is -0.380. The lowest BCUT2D eigenvalue weighted by atomic mass is 9.52. The first kappa shape index (κ1) is 13.6. The molecular weight excluding hydrogens is 258 g/mol. The number of hydrogen-bond acceptors (Lipinski definition) is 3. The average Bonchev–Trinajstić information content (AvgIpc) is 2.34. The predicted octanol–water partition coefficient (Wildman–Crippen LogP) is 3.39. The van der Waals surface area contributed by atoms with E-state index in [1.807, 2.05) is 0 Å². The lowest BCUT2D eigenvalue weighted by Gasteiger charge is -2.59. The molecule has 0 aliphatic heterocycles. The Morgan fingerprint density at radius 1 is 1.32 bits per heavy atom. The molecule has 4 unspecified atom stereocenters. The maximum atomic E-state index is 11.9. The number of thiol groups is 1. The van der Waals surface area contributed by atoms with E-state index in [1.165, 1.54) is 12.8 Å². The normalized spacial score (nSPS) is 43.3. The molecule has 4 bridgehead atoms. The highest BCUT2D eigenvalue weighted by molar-refractivity contribution is 7.81. The number of unbranched alkanes of at least 4 members (excludes halogenated alkanes) is 1. The van der Waals surface area contributed by atoms with Gasteiger partial charge in [-0.3, -0.25) is 0 Å². The molecule has 0 saturated heterocycles. The van der Waals surface area contributed by atoms with Crippen LogP contribution in [-0.2, 0) is 4.74 Å². The van der Waals surface area contributed by atoms with Gasteiger partial charge in [0.1, 0.15) is 0 Å². The second kappa shape index (κ2) is 5.19. The van der Waals surface area contributed by atoms with Crippen molar-refractivity contribution in [3.8, 4) is 0 Å². The van der Waals surface area contributed by atoms with Gasteiger partial charge >= 0.3 is 6.09 Å². The third-order valence-electron chi connectivity index (χ3n) is 5.32. The first-order valence-corrected chi connectivity index (χ1v) is 8.26. The van der Waals surface area contributed by atoms with Crippen molar-refractivity contribution in [1.82, 2.24) is 5.32 Å². The van der Waals surface area contributed by atoms with Crippen LogP contribution in [0.2, 0.25) is 0 Å². The van der Waals surface area contributed by atoms with E-state index in [0.717, 1.165) is 38.0 Å². The minimum atomic E-state index is -0.203. The molecule has 1 amide bonds. The summed E-state index contributed by atoms with van der Waals surface area (Å²) in [4.78, 5) is 11.9. The van der Waals surface area contributed by atoms with Gasteiger partial charge in [0.2, 0.25) is 0 Å². The van der Waals surface area contributed by atoms with Crippen LogP contribution in [0, 0.1) is 17.8 Å². The number of hydrogen-bond donors (Lipinski definition) is 2. The predicted molar refractivity (Wildman–Crippen MR) is 78.5 cm³/mol. The van der Waals surface area contributed by atoms with Gasteiger partial charge in [-0.15, -0.1) is 0 Å². The van der Waals surface area contributed by atoms with Crippen LogP contribution in [0.3, 0.4) is 0 Å². The van der Waals surface area contributed by atoms with E-state index in [0.29, 0.717) is 23.7 Å². The highest BCUT2D eigenvalue weighted by Gasteiger charge is 2.55. The SMILES string of the molecule is CCCCOC(=O)NC12CC3CC(C1)C(S)[C@@H](C3)C2. The first-order chi connectivity index (χ1) is 9.12. The molecule has 0 heterocycles. The minimum absolute atomic E-state index is 0.0268. The van der Waals surface area contributed by atoms with Crippen LogP contribution in [0.15, 0.2) is 0 Å². The van der Waals surface area contributed by atoms with Crippen LogP contribution in [0.1, 0.15) is 51.9 Å². The van der Waals surface area contributed by atoms with Crippen molar-refractivity contribution in [1.29, 1.82) is 0 Å². The van der Waals surface area contributed by atoms with Gasteiger partial charge in [0.25, 0.3) is 0 Å². The zero-order valence-electron chi connectivity index (χ0n) is 11.7. The highest BCUT2D eigenvalue weighted by atomic mass is 32.1. The van der Waals surface area contributed by atoms with Gasteiger partial charge in [0, 0.05) is 10.8 Å². The summed E-state index contributed by atoms with van der Waals surface area (Å²) in [5, 5.41) is 3.77. The number of amides is 1.